The molecule has 0 saturated carbocycles. The number of nitrogens with one attached hydrogen (secondary N) is 1. The fraction of sp³-hybridized carbons (Fsp3) is 0.333. The summed E-state index contributed by atoms with van der Waals surface area (Å²) in [5, 5.41) is 4.59. The van der Waals surface area contributed by atoms with Gasteiger partial charge in [0.05, 0.1) is 0 Å². The molecular weight excluding hydrogens is 291 g/mol. The molecule has 2 aromatic rings. The molecule has 0 aliphatic rings. The lowest BCUT2D eigenvalue weighted by atomic mass is 10.4. The Morgan fingerprint density at radius 2 is 2.15 bits per heavy atom. The van der Waals surface area contributed by atoms with E-state index in [0.29, 0.717) is 6.54 Å². The summed E-state index contributed by atoms with van der Waals surface area (Å²) in [6.07, 6.45) is -4.60. The number of aromatic nitrogens is 2. The highest BCUT2D eigenvalue weighted by atomic mass is 32.1. The molecule has 0 amide bonds. The Hall–Kier alpha value is -1.83. The molecule has 0 bridgehead atoms. The number of hydrogen-bond donors (Lipinski definition) is 1. The van der Waals surface area contributed by atoms with Crippen LogP contribution in [0, 0.1) is 0 Å². The van der Waals surface area contributed by atoms with Gasteiger partial charge in [0.15, 0.2) is 0 Å². The molecule has 0 saturated heterocycles. The number of thiophene rings is 1. The van der Waals surface area contributed by atoms with Crippen LogP contribution in [-0.2, 0) is 12.8 Å². The van der Waals surface area contributed by atoms with Crippen LogP contribution >= 0.6 is 11.3 Å². The summed E-state index contributed by atoms with van der Waals surface area (Å²) in [4.78, 5) is 7.71. The predicted octanol–water partition coefficient (Wildman–Crippen LogP) is 3.57. The molecule has 20 heavy (non-hydrogen) atoms. The second kappa shape index (κ2) is 6.08. The summed E-state index contributed by atoms with van der Waals surface area (Å²) in [6.45, 7) is 2.40. The Labute approximate surface area is 117 Å². The zero-order valence-electron chi connectivity index (χ0n) is 10.6. The van der Waals surface area contributed by atoms with Crippen molar-refractivity contribution in [3.05, 3.63) is 34.3 Å². The highest BCUT2D eigenvalue weighted by Gasteiger charge is 2.35. The number of ether oxygens (including phenoxy) is 1. The summed E-state index contributed by atoms with van der Waals surface area (Å²) in [6, 6.07) is 5.03. The second-order valence-corrected chi connectivity index (χ2v) is 4.84. The molecule has 2 aromatic heterocycles. The first kappa shape index (κ1) is 14.6. The van der Waals surface area contributed by atoms with E-state index in [9.17, 15) is 13.2 Å². The summed E-state index contributed by atoms with van der Waals surface area (Å²) in [5.41, 5.74) is 0. The number of halogens is 3. The first-order valence-corrected chi connectivity index (χ1v) is 6.72. The Kier molecular flexibility index (Phi) is 4.43. The Morgan fingerprint density at radius 3 is 2.75 bits per heavy atom. The molecule has 0 aliphatic heterocycles. The van der Waals surface area contributed by atoms with Gasteiger partial charge in [0.25, 0.3) is 0 Å². The van der Waals surface area contributed by atoms with E-state index in [1.165, 1.54) is 17.4 Å². The van der Waals surface area contributed by atoms with Crippen LogP contribution in [-0.4, -0.2) is 16.5 Å². The number of hydrogen-bond acceptors (Lipinski definition) is 5. The lowest BCUT2D eigenvalue weighted by Crippen LogP contribution is -2.14. The molecule has 0 aromatic carbocycles. The van der Waals surface area contributed by atoms with Gasteiger partial charge in [-0.25, -0.2) is 4.98 Å². The van der Waals surface area contributed by atoms with Crippen LogP contribution in [0.3, 0.4) is 0 Å². The van der Waals surface area contributed by atoms with E-state index in [4.69, 9.17) is 4.74 Å². The second-order valence-electron chi connectivity index (χ2n) is 3.81. The molecule has 1 N–H and O–H groups in total. The molecule has 4 nitrogen and oxygen atoms in total. The lowest BCUT2D eigenvalue weighted by Gasteiger charge is -2.11. The molecular formula is C12H12F3N3OS. The average Bonchev–Trinajstić information content (AvgIpc) is 2.88. The van der Waals surface area contributed by atoms with E-state index in [2.05, 4.69) is 15.3 Å². The van der Waals surface area contributed by atoms with Crippen molar-refractivity contribution in [2.45, 2.75) is 19.7 Å². The third-order valence-electron chi connectivity index (χ3n) is 2.26. The third-order valence-corrected chi connectivity index (χ3v) is 3.11. The highest BCUT2D eigenvalue weighted by Crippen LogP contribution is 2.29. The van der Waals surface area contributed by atoms with Gasteiger partial charge < -0.3 is 10.1 Å². The molecule has 108 valence electrons. The Bertz CT molecular complexity index is 558. The van der Waals surface area contributed by atoms with Gasteiger partial charge in [-0.2, -0.15) is 18.2 Å². The lowest BCUT2D eigenvalue weighted by molar-refractivity contribution is -0.145. The van der Waals surface area contributed by atoms with Crippen LogP contribution in [0.1, 0.15) is 17.6 Å². The molecule has 0 fully saturated rings. The molecule has 0 atom stereocenters. The summed E-state index contributed by atoms with van der Waals surface area (Å²) in [5.74, 6) is -1.22. The summed E-state index contributed by atoms with van der Waals surface area (Å²) >= 11 is 1.46. The predicted molar refractivity (Wildman–Crippen MR) is 69.8 cm³/mol. The minimum absolute atomic E-state index is 0.0935. The van der Waals surface area contributed by atoms with Crippen LogP contribution in [0.2, 0.25) is 0 Å². The Balaban J connectivity index is 2.20. The summed E-state index contributed by atoms with van der Waals surface area (Å²) < 4.78 is 43.4. The molecule has 0 spiro atoms. The first-order chi connectivity index (χ1) is 9.49. The number of anilines is 1. The zero-order chi connectivity index (χ0) is 14.6. The maximum atomic E-state index is 12.7. The van der Waals surface area contributed by atoms with E-state index in [1.807, 2.05) is 17.5 Å². The zero-order valence-corrected chi connectivity index (χ0v) is 11.4. The van der Waals surface area contributed by atoms with Gasteiger partial charge in [0.2, 0.25) is 11.7 Å². The van der Waals surface area contributed by atoms with Crippen molar-refractivity contribution in [2.24, 2.45) is 0 Å². The smallest absolute Gasteiger partial charge is 0.451 e. The molecule has 2 rings (SSSR count). The number of rotatable bonds is 5. The Morgan fingerprint density at radius 1 is 1.35 bits per heavy atom. The van der Waals surface area contributed by atoms with Crippen molar-refractivity contribution in [3.63, 3.8) is 0 Å². The van der Waals surface area contributed by atoms with Crippen LogP contribution in [0.25, 0.3) is 0 Å². The SMILES string of the molecule is CCNc1cc(OCc2cccs2)nc(C(F)(F)F)n1. The van der Waals surface area contributed by atoms with Crippen molar-refractivity contribution in [1.82, 2.24) is 9.97 Å². The highest BCUT2D eigenvalue weighted by molar-refractivity contribution is 7.09. The molecule has 0 unspecified atom stereocenters. The van der Waals surface area contributed by atoms with Crippen LogP contribution < -0.4 is 10.1 Å². The van der Waals surface area contributed by atoms with Gasteiger partial charge in [0, 0.05) is 17.5 Å². The van der Waals surface area contributed by atoms with Crippen LogP contribution in [0.15, 0.2) is 23.6 Å². The van der Waals surface area contributed by atoms with Crippen molar-refractivity contribution >= 4 is 17.2 Å². The topological polar surface area (TPSA) is 47.0 Å². The van der Waals surface area contributed by atoms with Gasteiger partial charge in [-0.3, -0.25) is 0 Å². The van der Waals surface area contributed by atoms with Crippen LogP contribution in [0.4, 0.5) is 19.0 Å². The van der Waals surface area contributed by atoms with Crippen molar-refractivity contribution in [1.29, 1.82) is 0 Å². The summed E-state index contributed by atoms with van der Waals surface area (Å²) in [7, 11) is 0. The van der Waals surface area contributed by atoms with E-state index in [1.54, 1.807) is 6.92 Å². The maximum Gasteiger partial charge on any atom is 0.451 e. The largest absolute Gasteiger partial charge is 0.472 e. The van der Waals surface area contributed by atoms with E-state index >= 15 is 0 Å². The van der Waals surface area contributed by atoms with E-state index in [-0.39, 0.29) is 18.3 Å². The monoisotopic (exact) mass is 303 g/mol. The molecule has 0 radical (unpaired) electrons. The third kappa shape index (κ3) is 3.83. The number of nitrogens with zero attached hydrogens (tertiary/aromatic N) is 2. The van der Waals surface area contributed by atoms with Gasteiger partial charge in [-0.1, -0.05) is 6.07 Å². The molecule has 2 heterocycles. The van der Waals surface area contributed by atoms with E-state index in [0.717, 1.165) is 4.88 Å². The fourth-order valence-electron chi connectivity index (χ4n) is 1.44. The standard InChI is InChI=1S/C12H12F3N3OS/c1-2-16-9-6-10(18-11(17-9)12(13,14)15)19-7-8-4-3-5-20-8/h3-6H,2,7H2,1H3,(H,16,17,18). The van der Waals surface area contributed by atoms with Gasteiger partial charge in [-0.05, 0) is 18.4 Å². The normalized spacial score (nSPS) is 11.4. The van der Waals surface area contributed by atoms with Crippen molar-refractivity contribution in [2.75, 3.05) is 11.9 Å². The van der Waals surface area contributed by atoms with Gasteiger partial charge >= 0.3 is 6.18 Å². The van der Waals surface area contributed by atoms with Gasteiger partial charge in [0.1, 0.15) is 12.4 Å². The molecule has 8 heteroatoms. The van der Waals surface area contributed by atoms with Crippen molar-refractivity contribution < 1.29 is 17.9 Å². The van der Waals surface area contributed by atoms with Gasteiger partial charge in [-0.15, -0.1) is 11.3 Å². The molecule has 0 aliphatic carbocycles. The fourth-order valence-corrected chi connectivity index (χ4v) is 2.05. The average molecular weight is 303 g/mol. The number of alkyl halides is 3. The minimum atomic E-state index is -4.60. The minimum Gasteiger partial charge on any atom is -0.472 e. The van der Waals surface area contributed by atoms with Crippen molar-refractivity contribution in [3.8, 4) is 5.88 Å². The quantitative estimate of drug-likeness (QED) is 0.917. The first-order valence-electron chi connectivity index (χ1n) is 5.84. The van der Waals surface area contributed by atoms with Crippen LogP contribution in [0.5, 0.6) is 5.88 Å². The van der Waals surface area contributed by atoms with E-state index < -0.39 is 12.0 Å². The maximum absolute atomic E-state index is 12.7.